The van der Waals surface area contributed by atoms with Crippen LogP contribution in [0.2, 0.25) is 0 Å². The van der Waals surface area contributed by atoms with E-state index in [1.165, 1.54) is 4.68 Å². The molecule has 2 aliphatic rings. The van der Waals surface area contributed by atoms with Gasteiger partial charge in [0.1, 0.15) is 0 Å². The summed E-state index contributed by atoms with van der Waals surface area (Å²) in [5.41, 5.74) is -0.210. The third-order valence-electron chi connectivity index (χ3n) is 5.86. The van der Waals surface area contributed by atoms with Gasteiger partial charge in [0, 0.05) is 42.2 Å². The van der Waals surface area contributed by atoms with Gasteiger partial charge in [-0.3, -0.25) is 4.79 Å². The maximum Gasteiger partial charge on any atom is 0.280 e. The Bertz CT molecular complexity index is 1530. The molecule has 7 heteroatoms. The predicted octanol–water partition coefficient (Wildman–Crippen LogP) is 0.139. The molecule has 1 saturated heterocycles. The molecular weight excluding hydrogens is 378 g/mol. The van der Waals surface area contributed by atoms with E-state index in [1.54, 1.807) is 0 Å². The Morgan fingerprint density at radius 1 is 0.833 bits per heavy atom. The standard InChI is InChI=1S/C23H19N5O2/c29-22-16-5-3-4-14-15(21-25-18-6-1-2-7-19(18)26-21)8-9-17(20(14)16)23(30)28(22)27-12-10-24-11-13-27/h1-9,24,29H,10-13H2. The molecule has 7 nitrogen and oxygen atoms in total. The second-order valence-corrected chi connectivity index (χ2v) is 7.57. The van der Waals surface area contributed by atoms with Gasteiger partial charge in [0.15, 0.2) is 5.82 Å². The topological polar surface area (TPSA) is 82.2 Å². The Kier molecular flexibility index (Phi) is 3.66. The summed E-state index contributed by atoms with van der Waals surface area (Å²) in [6.45, 7) is 2.87. The van der Waals surface area contributed by atoms with E-state index in [-0.39, 0.29) is 11.4 Å². The Hall–Kier alpha value is -3.71. The number of aromatic hydroxyl groups is 1. The summed E-state index contributed by atoms with van der Waals surface area (Å²) in [5.74, 6) is 0.599. The lowest BCUT2D eigenvalue weighted by Crippen LogP contribution is -2.52. The van der Waals surface area contributed by atoms with Gasteiger partial charge in [-0.05, 0) is 35.7 Å². The lowest BCUT2D eigenvalue weighted by molar-refractivity contribution is 0.386. The number of pyridine rings is 1. The molecule has 2 aliphatic heterocycles. The van der Waals surface area contributed by atoms with E-state index in [0.29, 0.717) is 29.7 Å². The molecule has 0 radical (unpaired) electrons. The smallest absolute Gasteiger partial charge is 0.280 e. The highest BCUT2D eigenvalue weighted by molar-refractivity contribution is 6.11. The molecule has 3 aromatic carbocycles. The first-order chi connectivity index (χ1) is 14.7. The van der Waals surface area contributed by atoms with Gasteiger partial charge in [-0.2, -0.15) is 4.68 Å². The van der Waals surface area contributed by atoms with E-state index in [1.807, 2.05) is 59.6 Å². The number of aromatic nitrogens is 1. The van der Waals surface area contributed by atoms with Gasteiger partial charge in [0.25, 0.3) is 5.56 Å². The van der Waals surface area contributed by atoms with Crippen LogP contribution in [0.15, 0.2) is 69.4 Å². The molecule has 6 rings (SSSR count). The Morgan fingerprint density at radius 3 is 2.27 bits per heavy atom. The fourth-order valence-corrected chi connectivity index (χ4v) is 4.43. The van der Waals surface area contributed by atoms with Crippen LogP contribution in [0.3, 0.4) is 0 Å². The molecule has 30 heavy (non-hydrogen) atoms. The maximum absolute atomic E-state index is 13.4. The Morgan fingerprint density at radius 2 is 1.53 bits per heavy atom. The zero-order chi connectivity index (χ0) is 20.2. The Balaban J connectivity index is 1.71. The first kappa shape index (κ1) is 17.2. The van der Waals surface area contributed by atoms with Crippen LogP contribution in [0.1, 0.15) is 0 Å². The van der Waals surface area contributed by atoms with E-state index >= 15 is 0 Å². The van der Waals surface area contributed by atoms with Crippen molar-refractivity contribution >= 4 is 27.4 Å². The van der Waals surface area contributed by atoms with Crippen LogP contribution in [0.4, 0.5) is 0 Å². The van der Waals surface area contributed by atoms with Crippen molar-refractivity contribution in [2.24, 2.45) is 9.98 Å². The van der Waals surface area contributed by atoms with E-state index in [4.69, 9.17) is 0 Å². The normalized spacial score (nSPS) is 16.0. The number of nitrogens with zero attached hydrogens (tertiary/aromatic N) is 4. The molecular formula is C23H19N5O2. The molecule has 0 atom stereocenters. The van der Waals surface area contributed by atoms with Crippen molar-refractivity contribution in [2.45, 2.75) is 0 Å². The molecule has 0 spiro atoms. The average Bonchev–Trinajstić information content (AvgIpc) is 3.22. The highest BCUT2D eigenvalue weighted by atomic mass is 16.3. The van der Waals surface area contributed by atoms with Crippen LogP contribution in [-0.4, -0.2) is 36.0 Å². The largest absolute Gasteiger partial charge is 0.493 e. The van der Waals surface area contributed by atoms with Crippen LogP contribution < -0.4 is 31.8 Å². The van der Waals surface area contributed by atoms with Crippen molar-refractivity contribution in [3.63, 3.8) is 0 Å². The van der Waals surface area contributed by atoms with E-state index in [2.05, 4.69) is 15.3 Å². The summed E-state index contributed by atoms with van der Waals surface area (Å²) >= 11 is 0. The van der Waals surface area contributed by atoms with Gasteiger partial charge in [-0.1, -0.05) is 24.3 Å². The van der Waals surface area contributed by atoms with Crippen molar-refractivity contribution in [3.05, 3.63) is 80.9 Å². The molecule has 0 amide bonds. The number of rotatable bonds is 1. The van der Waals surface area contributed by atoms with Gasteiger partial charge in [-0.15, -0.1) is 0 Å². The second-order valence-electron chi connectivity index (χ2n) is 7.57. The fourth-order valence-electron chi connectivity index (χ4n) is 4.43. The molecule has 0 bridgehead atoms. The fraction of sp³-hybridized carbons (Fsp3) is 0.174. The minimum Gasteiger partial charge on any atom is -0.493 e. The molecule has 1 fully saturated rings. The van der Waals surface area contributed by atoms with Crippen molar-refractivity contribution in [2.75, 3.05) is 31.2 Å². The van der Waals surface area contributed by atoms with Crippen molar-refractivity contribution in [3.8, 4) is 5.88 Å². The number of para-hydroxylation sites is 2. The van der Waals surface area contributed by atoms with Crippen LogP contribution in [0.25, 0.3) is 27.4 Å². The molecule has 0 unspecified atom stereocenters. The van der Waals surface area contributed by atoms with Gasteiger partial charge < -0.3 is 15.4 Å². The summed E-state index contributed by atoms with van der Waals surface area (Å²) in [4.78, 5) is 22.7. The number of fused-ring (bicyclic) bond motifs is 1. The number of piperazine rings is 1. The zero-order valence-electron chi connectivity index (χ0n) is 16.2. The predicted molar refractivity (Wildman–Crippen MR) is 116 cm³/mol. The van der Waals surface area contributed by atoms with Gasteiger partial charge >= 0.3 is 0 Å². The summed E-state index contributed by atoms with van der Waals surface area (Å²) < 4.78 is 1.42. The van der Waals surface area contributed by atoms with Crippen LogP contribution in [0, 0.1) is 0 Å². The zero-order valence-corrected chi connectivity index (χ0v) is 16.2. The molecule has 4 aromatic rings. The summed E-state index contributed by atoms with van der Waals surface area (Å²) in [6.07, 6.45) is 0. The third-order valence-corrected chi connectivity index (χ3v) is 5.86. The van der Waals surface area contributed by atoms with Gasteiger partial charge in [0.05, 0.1) is 16.1 Å². The highest BCUT2D eigenvalue weighted by Gasteiger charge is 2.21. The minimum atomic E-state index is -0.210. The first-order valence-corrected chi connectivity index (χ1v) is 10.0. The van der Waals surface area contributed by atoms with Crippen molar-refractivity contribution in [1.29, 1.82) is 0 Å². The number of benzene rings is 3. The van der Waals surface area contributed by atoms with E-state index < -0.39 is 0 Å². The summed E-state index contributed by atoms with van der Waals surface area (Å²) in [6, 6.07) is 17.2. The monoisotopic (exact) mass is 397 g/mol. The van der Waals surface area contributed by atoms with Gasteiger partial charge in [-0.25, -0.2) is 9.98 Å². The number of nitrogens with one attached hydrogen (secondary N) is 1. The maximum atomic E-state index is 13.4. The average molecular weight is 397 g/mol. The summed E-state index contributed by atoms with van der Waals surface area (Å²) in [7, 11) is 0. The lowest BCUT2D eigenvalue weighted by Gasteiger charge is -2.31. The molecule has 1 aromatic heterocycles. The molecule has 148 valence electrons. The molecule has 0 saturated carbocycles. The summed E-state index contributed by atoms with van der Waals surface area (Å²) in [5, 5.41) is 21.6. The van der Waals surface area contributed by atoms with Crippen LogP contribution >= 0.6 is 0 Å². The third kappa shape index (κ3) is 2.39. The van der Waals surface area contributed by atoms with E-state index in [0.717, 1.165) is 39.8 Å². The highest BCUT2D eigenvalue weighted by Crippen LogP contribution is 2.29. The lowest BCUT2D eigenvalue weighted by atomic mass is 10.0. The van der Waals surface area contributed by atoms with Crippen molar-refractivity contribution in [1.82, 2.24) is 9.99 Å². The SMILES string of the molecule is O=c1c2ccc(=C3N=c4ccccc4=N3)c3cccc(c(O)n1N1CCNCC1)c32. The molecule has 0 aliphatic carbocycles. The van der Waals surface area contributed by atoms with E-state index in [9.17, 15) is 9.90 Å². The molecule has 2 N–H and O–H groups in total. The first-order valence-electron chi connectivity index (χ1n) is 10.0. The van der Waals surface area contributed by atoms with Crippen molar-refractivity contribution < 1.29 is 5.11 Å². The van der Waals surface area contributed by atoms with Crippen LogP contribution in [-0.2, 0) is 0 Å². The second kappa shape index (κ2) is 6.40. The van der Waals surface area contributed by atoms with Gasteiger partial charge in [0.2, 0.25) is 5.88 Å². The molecule has 3 heterocycles. The Labute approximate surface area is 170 Å². The number of hydrogen-bond acceptors (Lipinski definition) is 6. The quantitative estimate of drug-likeness (QED) is 0.479. The van der Waals surface area contributed by atoms with Crippen LogP contribution in [0.5, 0.6) is 5.88 Å². The number of hydrogen-bond donors (Lipinski definition) is 2. The minimum absolute atomic E-state index is 0.0225.